The second-order valence-electron chi connectivity index (χ2n) is 3.46. The Balaban J connectivity index is 2.52. The molecule has 1 aromatic rings. The van der Waals surface area contributed by atoms with E-state index in [2.05, 4.69) is 13.0 Å². The minimum Gasteiger partial charge on any atom is -0.321 e. The molecule has 1 aliphatic carbocycles. The lowest BCUT2D eigenvalue weighted by Gasteiger charge is -2.41. The summed E-state index contributed by atoms with van der Waals surface area (Å²) in [5.74, 6) is 0. The SMILES string of the molecule is CCC1(N)Cc2cccc(Cl)c21. The van der Waals surface area contributed by atoms with Crippen molar-refractivity contribution in [3.05, 3.63) is 34.3 Å². The zero-order valence-electron chi connectivity index (χ0n) is 7.10. The molecule has 0 bridgehead atoms. The molecule has 2 N–H and O–H groups in total. The van der Waals surface area contributed by atoms with E-state index in [1.165, 1.54) is 5.56 Å². The Kier molecular flexibility index (Phi) is 1.67. The maximum Gasteiger partial charge on any atom is 0.0465 e. The molecule has 1 aromatic carbocycles. The third kappa shape index (κ3) is 0.900. The summed E-state index contributed by atoms with van der Waals surface area (Å²) in [6.07, 6.45) is 1.93. The van der Waals surface area contributed by atoms with E-state index in [9.17, 15) is 0 Å². The Morgan fingerprint density at radius 2 is 2.33 bits per heavy atom. The number of nitrogens with two attached hydrogens (primary N) is 1. The van der Waals surface area contributed by atoms with Crippen molar-refractivity contribution in [1.29, 1.82) is 0 Å². The van der Waals surface area contributed by atoms with Gasteiger partial charge >= 0.3 is 0 Å². The first-order chi connectivity index (χ1) is 5.67. The number of rotatable bonds is 1. The molecule has 2 heteroatoms. The van der Waals surface area contributed by atoms with Crippen LogP contribution in [0.25, 0.3) is 0 Å². The van der Waals surface area contributed by atoms with Crippen molar-refractivity contribution in [3.63, 3.8) is 0 Å². The minimum absolute atomic E-state index is 0.145. The summed E-state index contributed by atoms with van der Waals surface area (Å²) in [7, 11) is 0. The first-order valence-electron chi connectivity index (χ1n) is 4.24. The van der Waals surface area contributed by atoms with Crippen LogP contribution in [0.1, 0.15) is 24.5 Å². The van der Waals surface area contributed by atoms with Gasteiger partial charge in [0.25, 0.3) is 0 Å². The van der Waals surface area contributed by atoms with Crippen molar-refractivity contribution in [2.24, 2.45) is 5.73 Å². The molecule has 0 heterocycles. The van der Waals surface area contributed by atoms with E-state index in [1.54, 1.807) is 0 Å². The second kappa shape index (κ2) is 2.48. The summed E-state index contributed by atoms with van der Waals surface area (Å²) < 4.78 is 0. The van der Waals surface area contributed by atoms with Crippen LogP contribution in [0.4, 0.5) is 0 Å². The van der Waals surface area contributed by atoms with E-state index in [4.69, 9.17) is 17.3 Å². The van der Waals surface area contributed by atoms with E-state index in [1.807, 2.05) is 12.1 Å². The molecule has 0 aromatic heterocycles. The lowest BCUT2D eigenvalue weighted by atomic mass is 9.70. The van der Waals surface area contributed by atoms with Gasteiger partial charge in [-0.3, -0.25) is 0 Å². The number of benzene rings is 1. The van der Waals surface area contributed by atoms with Crippen LogP contribution >= 0.6 is 11.6 Å². The molecule has 0 fully saturated rings. The molecule has 1 aliphatic rings. The van der Waals surface area contributed by atoms with Crippen LogP contribution in [-0.4, -0.2) is 0 Å². The number of halogens is 1. The molecule has 0 radical (unpaired) electrons. The highest BCUT2D eigenvalue weighted by atomic mass is 35.5. The molecule has 1 atom stereocenters. The quantitative estimate of drug-likeness (QED) is 0.708. The third-order valence-corrected chi connectivity index (χ3v) is 3.05. The van der Waals surface area contributed by atoms with Gasteiger partial charge in [0.2, 0.25) is 0 Å². The van der Waals surface area contributed by atoms with Crippen molar-refractivity contribution >= 4 is 11.6 Å². The topological polar surface area (TPSA) is 26.0 Å². The predicted octanol–water partition coefficient (Wildman–Crippen LogP) is 2.46. The molecular weight excluding hydrogens is 170 g/mol. The largest absolute Gasteiger partial charge is 0.321 e. The predicted molar refractivity (Wildman–Crippen MR) is 51.3 cm³/mol. The molecule has 0 aliphatic heterocycles. The van der Waals surface area contributed by atoms with E-state index >= 15 is 0 Å². The van der Waals surface area contributed by atoms with Gasteiger partial charge in [0, 0.05) is 10.6 Å². The second-order valence-corrected chi connectivity index (χ2v) is 3.87. The number of hydrogen-bond acceptors (Lipinski definition) is 1. The van der Waals surface area contributed by atoms with Crippen LogP contribution < -0.4 is 5.73 Å². The van der Waals surface area contributed by atoms with Crippen molar-refractivity contribution in [2.45, 2.75) is 25.3 Å². The first kappa shape index (κ1) is 8.09. The van der Waals surface area contributed by atoms with Gasteiger partial charge in [0.15, 0.2) is 0 Å². The van der Waals surface area contributed by atoms with Gasteiger partial charge in [-0.15, -0.1) is 0 Å². The standard InChI is InChI=1S/C10H12ClN/c1-2-10(12)6-7-4-3-5-8(11)9(7)10/h3-5H,2,6,12H2,1H3. The van der Waals surface area contributed by atoms with Crippen molar-refractivity contribution in [2.75, 3.05) is 0 Å². The van der Waals surface area contributed by atoms with E-state index in [-0.39, 0.29) is 5.54 Å². The van der Waals surface area contributed by atoms with Crippen LogP contribution in [0, 0.1) is 0 Å². The van der Waals surface area contributed by atoms with Gasteiger partial charge in [-0.25, -0.2) is 0 Å². The minimum atomic E-state index is -0.145. The maximum atomic E-state index is 6.13. The smallest absolute Gasteiger partial charge is 0.0465 e. The zero-order chi connectivity index (χ0) is 8.77. The van der Waals surface area contributed by atoms with Crippen LogP contribution in [0.5, 0.6) is 0 Å². The van der Waals surface area contributed by atoms with Crippen molar-refractivity contribution in [1.82, 2.24) is 0 Å². The van der Waals surface area contributed by atoms with E-state index in [0.29, 0.717) is 0 Å². The number of fused-ring (bicyclic) bond motifs is 1. The summed E-state index contributed by atoms with van der Waals surface area (Å²) >= 11 is 6.05. The maximum absolute atomic E-state index is 6.13. The van der Waals surface area contributed by atoms with E-state index < -0.39 is 0 Å². The highest BCUT2D eigenvalue weighted by Crippen LogP contribution is 2.43. The zero-order valence-corrected chi connectivity index (χ0v) is 7.86. The van der Waals surface area contributed by atoms with Gasteiger partial charge in [-0.1, -0.05) is 30.7 Å². The first-order valence-corrected chi connectivity index (χ1v) is 4.62. The average molecular weight is 182 g/mol. The fourth-order valence-corrected chi connectivity index (χ4v) is 2.28. The normalized spacial score (nSPS) is 26.2. The third-order valence-electron chi connectivity index (χ3n) is 2.73. The van der Waals surface area contributed by atoms with Gasteiger partial charge in [-0.05, 0) is 30.0 Å². The Hall–Kier alpha value is -0.530. The van der Waals surface area contributed by atoms with Gasteiger partial charge in [0.05, 0.1) is 0 Å². The molecule has 0 amide bonds. The summed E-state index contributed by atoms with van der Waals surface area (Å²) in [5.41, 5.74) is 8.46. The lowest BCUT2D eigenvalue weighted by molar-refractivity contribution is 0.371. The highest BCUT2D eigenvalue weighted by Gasteiger charge is 2.38. The highest BCUT2D eigenvalue weighted by molar-refractivity contribution is 6.31. The summed E-state index contributed by atoms with van der Waals surface area (Å²) in [5, 5.41) is 0.822. The van der Waals surface area contributed by atoms with Crippen LogP contribution in [0.15, 0.2) is 18.2 Å². The Morgan fingerprint density at radius 3 is 2.92 bits per heavy atom. The Labute approximate surface area is 77.5 Å². The molecule has 64 valence electrons. The van der Waals surface area contributed by atoms with E-state index in [0.717, 1.165) is 23.4 Å². The number of hydrogen-bond donors (Lipinski definition) is 1. The van der Waals surface area contributed by atoms with Gasteiger partial charge in [0.1, 0.15) is 0 Å². The molecule has 0 spiro atoms. The molecule has 1 unspecified atom stereocenters. The molecular formula is C10H12ClN. The van der Waals surface area contributed by atoms with Crippen molar-refractivity contribution < 1.29 is 0 Å². The van der Waals surface area contributed by atoms with Crippen LogP contribution in [-0.2, 0) is 12.0 Å². The molecule has 0 saturated heterocycles. The average Bonchev–Trinajstić information content (AvgIpc) is 2.01. The van der Waals surface area contributed by atoms with Gasteiger partial charge in [-0.2, -0.15) is 0 Å². The van der Waals surface area contributed by atoms with Crippen molar-refractivity contribution in [3.8, 4) is 0 Å². The molecule has 12 heavy (non-hydrogen) atoms. The molecule has 2 rings (SSSR count). The molecule has 0 saturated carbocycles. The monoisotopic (exact) mass is 181 g/mol. The summed E-state index contributed by atoms with van der Waals surface area (Å²) in [4.78, 5) is 0. The van der Waals surface area contributed by atoms with Gasteiger partial charge < -0.3 is 5.73 Å². The fraction of sp³-hybridized carbons (Fsp3) is 0.400. The Morgan fingerprint density at radius 1 is 1.58 bits per heavy atom. The lowest BCUT2D eigenvalue weighted by Crippen LogP contribution is -2.46. The van der Waals surface area contributed by atoms with Crippen LogP contribution in [0.3, 0.4) is 0 Å². The summed E-state index contributed by atoms with van der Waals surface area (Å²) in [6, 6.07) is 6.00. The fourth-order valence-electron chi connectivity index (χ4n) is 1.90. The Bertz CT molecular complexity index is 307. The van der Waals surface area contributed by atoms with Crippen LogP contribution in [0.2, 0.25) is 5.02 Å². The summed E-state index contributed by atoms with van der Waals surface area (Å²) in [6.45, 7) is 2.10. The molecule has 1 nitrogen and oxygen atoms in total.